The van der Waals surface area contributed by atoms with Crippen molar-refractivity contribution in [2.45, 2.75) is 13.0 Å². The maximum atomic E-state index is 5.83. The first-order chi connectivity index (χ1) is 6.27. The van der Waals surface area contributed by atoms with Gasteiger partial charge in [-0.3, -0.25) is 0 Å². The molecule has 1 aliphatic rings. The van der Waals surface area contributed by atoms with Gasteiger partial charge in [0.1, 0.15) is 5.82 Å². The van der Waals surface area contributed by atoms with Crippen LogP contribution in [0.25, 0.3) is 0 Å². The van der Waals surface area contributed by atoms with Crippen LogP contribution < -0.4 is 5.73 Å². The summed E-state index contributed by atoms with van der Waals surface area (Å²) in [6.07, 6.45) is 3.05. The fourth-order valence-corrected chi connectivity index (χ4v) is 3.06. The van der Waals surface area contributed by atoms with Crippen molar-refractivity contribution in [3.05, 3.63) is 10.7 Å². The SMILES string of the molecule is Nc1c(Br)cnn1CC1CCSC1. The fourth-order valence-electron chi connectivity index (χ4n) is 1.49. The molecule has 13 heavy (non-hydrogen) atoms. The van der Waals surface area contributed by atoms with Gasteiger partial charge in [0, 0.05) is 6.54 Å². The van der Waals surface area contributed by atoms with Gasteiger partial charge in [-0.25, -0.2) is 4.68 Å². The van der Waals surface area contributed by atoms with Gasteiger partial charge in [0.05, 0.1) is 10.7 Å². The number of nitrogens with zero attached hydrogens (tertiary/aromatic N) is 2. The number of nitrogen functional groups attached to an aromatic ring is 1. The third-order valence-corrected chi connectivity index (χ3v) is 4.13. The average molecular weight is 262 g/mol. The highest BCUT2D eigenvalue weighted by Gasteiger charge is 2.17. The Balaban J connectivity index is 2.04. The van der Waals surface area contributed by atoms with Crippen LogP contribution in [0.3, 0.4) is 0 Å². The molecule has 0 amide bonds. The second kappa shape index (κ2) is 3.92. The normalized spacial score (nSPS) is 22.4. The Labute approximate surface area is 90.2 Å². The first kappa shape index (κ1) is 9.40. The topological polar surface area (TPSA) is 43.8 Å². The molecular weight excluding hydrogens is 250 g/mol. The molecule has 1 atom stereocenters. The van der Waals surface area contributed by atoms with Crippen molar-refractivity contribution < 1.29 is 0 Å². The molecule has 1 saturated heterocycles. The Hall–Kier alpha value is -0.160. The Morgan fingerprint density at radius 1 is 1.77 bits per heavy atom. The number of aromatic nitrogens is 2. The molecule has 1 aliphatic heterocycles. The predicted molar refractivity (Wildman–Crippen MR) is 59.8 cm³/mol. The van der Waals surface area contributed by atoms with E-state index in [0.717, 1.165) is 22.8 Å². The van der Waals surface area contributed by atoms with E-state index in [1.165, 1.54) is 17.9 Å². The molecule has 0 aromatic carbocycles. The molecule has 1 unspecified atom stereocenters. The molecule has 1 fully saturated rings. The third kappa shape index (κ3) is 2.02. The van der Waals surface area contributed by atoms with Gasteiger partial charge in [0.2, 0.25) is 0 Å². The predicted octanol–water partition coefficient (Wildman–Crippen LogP) is 1.98. The highest BCUT2D eigenvalue weighted by molar-refractivity contribution is 9.10. The van der Waals surface area contributed by atoms with E-state index in [2.05, 4.69) is 21.0 Å². The summed E-state index contributed by atoms with van der Waals surface area (Å²) in [6.45, 7) is 0.963. The molecular formula is C8H12BrN3S. The lowest BCUT2D eigenvalue weighted by molar-refractivity contribution is 0.464. The molecule has 0 radical (unpaired) electrons. The summed E-state index contributed by atoms with van der Waals surface area (Å²) >= 11 is 5.37. The zero-order valence-corrected chi connectivity index (χ0v) is 9.64. The molecule has 72 valence electrons. The third-order valence-electron chi connectivity index (χ3n) is 2.29. The summed E-state index contributed by atoms with van der Waals surface area (Å²) < 4.78 is 2.79. The molecule has 5 heteroatoms. The zero-order valence-electron chi connectivity index (χ0n) is 7.24. The van der Waals surface area contributed by atoms with E-state index in [4.69, 9.17) is 5.73 Å². The minimum absolute atomic E-state index is 0.747. The number of hydrogen-bond donors (Lipinski definition) is 1. The van der Waals surface area contributed by atoms with Crippen LogP contribution in [0.4, 0.5) is 5.82 Å². The molecule has 1 aromatic heterocycles. The van der Waals surface area contributed by atoms with E-state index < -0.39 is 0 Å². The lowest BCUT2D eigenvalue weighted by Gasteiger charge is -2.09. The van der Waals surface area contributed by atoms with Gasteiger partial charge in [0.15, 0.2) is 0 Å². The van der Waals surface area contributed by atoms with Crippen molar-refractivity contribution in [2.75, 3.05) is 17.2 Å². The molecule has 2 rings (SSSR count). The minimum atomic E-state index is 0.747. The van der Waals surface area contributed by atoms with Crippen molar-refractivity contribution in [1.29, 1.82) is 0 Å². The van der Waals surface area contributed by atoms with E-state index in [1.807, 2.05) is 16.4 Å². The first-order valence-electron chi connectivity index (χ1n) is 4.32. The number of rotatable bonds is 2. The van der Waals surface area contributed by atoms with Crippen molar-refractivity contribution >= 4 is 33.5 Å². The molecule has 3 nitrogen and oxygen atoms in total. The number of nitrogens with two attached hydrogens (primary N) is 1. The van der Waals surface area contributed by atoms with Crippen LogP contribution >= 0.6 is 27.7 Å². The summed E-state index contributed by atoms with van der Waals surface area (Å²) in [4.78, 5) is 0. The fraction of sp³-hybridized carbons (Fsp3) is 0.625. The minimum Gasteiger partial charge on any atom is -0.383 e. The summed E-state index contributed by atoms with van der Waals surface area (Å²) in [6, 6.07) is 0. The van der Waals surface area contributed by atoms with Crippen molar-refractivity contribution in [1.82, 2.24) is 9.78 Å². The zero-order chi connectivity index (χ0) is 9.26. The monoisotopic (exact) mass is 261 g/mol. The van der Waals surface area contributed by atoms with Crippen LogP contribution in [0.5, 0.6) is 0 Å². The molecule has 1 aromatic rings. The first-order valence-corrected chi connectivity index (χ1v) is 6.26. The van der Waals surface area contributed by atoms with Gasteiger partial charge in [-0.15, -0.1) is 0 Å². The molecule has 0 aliphatic carbocycles. The van der Waals surface area contributed by atoms with Crippen LogP contribution in [0, 0.1) is 5.92 Å². The van der Waals surface area contributed by atoms with E-state index in [0.29, 0.717) is 0 Å². The second-order valence-corrected chi connectivity index (χ2v) is 5.29. The van der Waals surface area contributed by atoms with Crippen LogP contribution in [0.2, 0.25) is 0 Å². The Morgan fingerprint density at radius 3 is 3.15 bits per heavy atom. The Morgan fingerprint density at radius 2 is 2.62 bits per heavy atom. The molecule has 2 N–H and O–H groups in total. The van der Waals surface area contributed by atoms with Crippen molar-refractivity contribution in [3.63, 3.8) is 0 Å². The van der Waals surface area contributed by atoms with E-state index in [1.54, 1.807) is 6.20 Å². The van der Waals surface area contributed by atoms with Crippen LogP contribution in [-0.2, 0) is 6.54 Å². The summed E-state index contributed by atoms with van der Waals surface area (Å²) in [5.74, 6) is 4.03. The molecule has 0 spiro atoms. The standard InChI is InChI=1S/C8H12BrN3S/c9-7-3-11-12(8(7)10)4-6-1-2-13-5-6/h3,6H,1-2,4-5,10H2. The second-order valence-electron chi connectivity index (χ2n) is 3.29. The van der Waals surface area contributed by atoms with Gasteiger partial charge in [-0.1, -0.05) is 0 Å². The lowest BCUT2D eigenvalue weighted by Crippen LogP contribution is -2.13. The van der Waals surface area contributed by atoms with E-state index in [-0.39, 0.29) is 0 Å². The van der Waals surface area contributed by atoms with Gasteiger partial charge in [-0.2, -0.15) is 16.9 Å². The molecule has 0 bridgehead atoms. The van der Waals surface area contributed by atoms with Crippen LogP contribution in [-0.4, -0.2) is 21.3 Å². The van der Waals surface area contributed by atoms with E-state index >= 15 is 0 Å². The summed E-state index contributed by atoms with van der Waals surface area (Å²) in [7, 11) is 0. The number of anilines is 1. The molecule has 2 heterocycles. The average Bonchev–Trinajstić information content (AvgIpc) is 2.71. The van der Waals surface area contributed by atoms with Gasteiger partial charge < -0.3 is 5.73 Å². The summed E-state index contributed by atoms with van der Waals surface area (Å²) in [5.41, 5.74) is 5.83. The maximum Gasteiger partial charge on any atom is 0.136 e. The summed E-state index contributed by atoms with van der Waals surface area (Å²) in [5, 5.41) is 4.21. The molecule has 0 saturated carbocycles. The Kier molecular flexibility index (Phi) is 2.83. The number of hydrogen-bond acceptors (Lipinski definition) is 3. The largest absolute Gasteiger partial charge is 0.383 e. The quantitative estimate of drug-likeness (QED) is 0.886. The van der Waals surface area contributed by atoms with Crippen LogP contribution in [0.15, 0.2) is 10.7 Å². The lowest BCUT2D eigenvalue weighted by atomic mass is 10.1. The van der Waals surface area contributed by atoms with Gasteiger partial charge >= 0.3 is 0 Å². The highest BCUT2D eigenvalue weighted by Crippen LogP contribution is 2.26. The van der Waals surface area contributed by atoms with Gasteiger partial charge in [-0.05, 0) is 39.8 Å². The number of halogens is 1. The van der Waals surface area contributed by atoms with Crippen molar-refractivity contribution in [3.8, 4) is 0 Å². The maximum absolute atomic E-state index is 5.83. The van der Waals surface area contributed by atoms with Gasteiger partial charge in [0.25, 0.3) is 0 Å². The highest BCUT2D eigenvalue weighted by atomic mass is 79.9. The van der Waals surface area contributed by atoms with Crippen molar-refractivity contribution in [2.24, 2.45) is 5.92 Å². The number of thioether (sulfide) groups is 1. The Bertz CT molecular complexity index is 294. The van der Waals surface area contributed by atoms with Crippen LogP contribution in [0.1, 0.15) is 6.42 Å². The van der Waals surface area contributed by atoms with E-state index in [9.17, 15) is 0 Å². The smallest absolute Gasteiger partial charge is 0.136 e.